The topological polar surface area (TPSA) is 112 Å². The van der Waals surface area contributed by atoms with Gasteiger partial charge in [0.15, 0.2) is 0 Å². The molecular formula is C13H8O6. The fourth-order valence-corrected chi connectivity index (χ4v) is 1.90. The quantitative estimate of drug-likeness (QED) is 0.777. The third-order valence-electron chi connectivity index (χ3n) is 2.68. The lowest BCUT2D eigenvalue weighted by Gasteiger charge is -2.07. The predicted octanol–water partition coefficient (Wildman–Crippen LogP) is 1.93. The van der Waals surface area contributed by atoms with Crippen LogP contribution in [0.1, 0.15) is 31.1 Å². The van der Waals surface area contributed by atoms with Crippen LogP contribution in [-0.4, -0.2) is 33.2 Å². The predicted molar refractivity (Wildman–Crippen MR) is 64.8 cm³/mol. The lowest BCUT2D eigenvalue weighted by atomic mass is 9.96. The molecule has 0 heterocycles. The van der Waals surface area contributed by atoms with Gasteiger partial charge in [-0.25, -0.2) is 14.4 Å². The Labute approximate surface area is 106 Å². The van der Waals surface area contributed by atoms with E-state index in [2.05, 4.69) is 0 Å². The average molecular weight is 260 g/mol. The molecule has 2 rings (SSSR count). The molecule has 0 atom stereocenters. The molecule has 0 saturated heterocycles. The SMILES string of the molecule is O=C(O)c1cc(C(=O)O)c2c(C(=O)O)cccc2c1. The van der Waals surface area contributed by atoms with E-state index in [0.29, 0.717) is 0 Å². The molecule has 0 saturated carbocycles. The first-order valence-electron chi connectivity index (χ1n) is 5.18. The van der Waals surface area contributed by atoms with Crippen molar-refractivity contribution in [2.24, 2.45) is 0 Å². The normalized spacial score (nSPS) is 10.3. The Morgan fingerprint density at radius 3 is 1.95 bits per heavy atom. The highest BCUT2D eigenvalue weighted by Crippen LogP contribution is 2.25. The van der Waals surface area contributed by atoms with Crippen molar-refractivity contribution in [3.63, 3.8) is 0 Å². The summed E-state index contributed by atoms with van der Waals surface area (Å²) in [4.78, 5) is 33.2. The van der Waals surface area contributed by atoms with Crippen molar-refractivity contribution in [3.8, 4) is 0 Å². The minimum atomic E-state index is -1.37. The largest absolute Gasteiger partial charge is 0.478 e. The summed E-state index contributed by atoms with van der Waals surface area (Å²) in [7, 11) is 0. The summed E-state index contributed by atoms with van der Waals surface area (Å²) in [6.07, 6.45) is 0. The zero-order valence-corrected chi connectivity index (χ0v) is 9.45. The Balaban J connectivity index is 2.95. The van der Waals surface area contributed by atoms with Crippen molar-refractivity contribution in [1.82, 2.24) is 0 Å². The molecule has 96 valence electrons. The minimum absolute atomic E-state index is 0.0208. The highest BCUT2D eigenvalue weighted by molar-refractivity contribution is 6.14. The summed E-state index contributed by atoms with van der Waals surface area (Å²) in [6.45, 7) is 0. The Bertz CT molecular complexity index is 716. The molecule has 0 aliphatic heterocycles. The van der Waals surface area contributed by atoms with E-state index in [0.717, 1.165) is 6.07 Å². The second kappa shape index (κ2) is 4.41. The third-order valence-corrected chi connectivity index (χ3v) is 2.68. The maximum Gasteiger partial charge on any atom is 0.336 e. The summed E-state index contributed by atoms with van der Waals surface area (Å²) in [5.41, 5.74) is -0.716. The molecule has 0 aliphatic rings. The number of aromatic carboxylic acids is 3. The molecule has 0 amide bonds. The van der Waals surface area contributed by atoms with Crippen LogP contribution in [0.15, 0.2) is 30.3 Å². The summed E-state index contributed by atoms with van der Waals surface area (Å²) in [6, 6.07) is 6.39. The van der Waals surface area contributed by atoms with Gasteiger partial charge in [-0.3, -0.25) is 0 Å². The molecular weight excluding hydrogens is 252 g/mol. The molecule has 0 bridgehead atoms. The van der Waals surface area contributed by atoms with Crippen LogP contribution in [0.25, 0.3) is 10.8 Å². The zero-order chi connectivity index (χ0) is 14.2. The van der Waals surface area contributed by atoms with Crippen molar-refractivity contribution in [3.05, 3.63) is 47.0 Å². The third kappa shape index (κ3) is 2.11. The second-order valence-corrected chi connectivity index (χ2v) is 3.84. The van der Waals surface area contributed by atoms with Gasteiger partial charge in [0.25, 0.3) is 0 Å². The van der Waals surface area contributed by atoms with E-state index in [1.165, 1.54) is 24.3 Å². The Hall–Kier alpha value is -2.89. The molecule has 0 spiro atoms. The monoisotopic (exact) mass is 260 g/mol. The fraction of sp³-hybridized carbons (Fsp3) is 0. The van der Waals surface area contributed by atoms with E-state index in [4.69, 9.17) is 15.3 Å². The van der Waals surface area contributed by atoms with Crippen LogP contribution in [0.4, 0.5) is 0 Å². The van der Waals surface area contributed by atoms with Crippen molar-refractivity contribution >= 4 is 28.7 Å². The van der Waals surface area contributed by atoms with Crippen LogP contribution in [0, 0.1) is 0 Å². The number of benzene rings is 2. The Kier molecular flexibility index (Phi) is 2.92. The molecule has 0 aromatic heterocycles. The number of fused-ring (bicyclic) bond motifs is 1. The lowest BCUT2D eigenvalue weighted by Crippen LogP contribution is -2.07. The number of carboxylic acid groups (broad SMARTS) is 3. The van der Waals surface area contributed by atoms with Crippen LogP contribution in [0.3, 0.4) is 0 Å². The van der Waals surface area contributed by atoms with Gasteiger partial charge in [0.2, 0.25) is 0 Å². The molecule has 0 fully saturated rings. The number of hydrogen-bond acceptors (Lipinski definition) is 3. The number of carbonyl (C=O) groups is 3. The van der Waals surface area contributed by atoms with Gasteiger partial charge in [0.05, 0.1) is 16.7 Å². The summed E-state index contributed by atoms with van der Waals surface area (Å²) < 4.78 is 0. The van der Waals surface area contributed by atoms with Gasteiger partial charge >= 0.3 is 17.9 Å². The van der Waals surface area contributed by atoms with Gasteiger partial charge in [0.1, 0.15) is 0 Å². The molecule has 0 aliphatic carbocycles. The second-order valence-electron chi connectivity index (χ2n) is 3.84. The van der Waals surface area contributed by atoms with Crippen LogP contribution in [0.2, 0.25) is 0 Å². The van der Waals surface area contributed by atoms with Gasteiger partial charge in [-0.05, 0) is 23.6 Å². The van der Waals surface area contributed by atoms with Crippen LogP contribution in [0.5, 0.6) is 0 Å². The van der Waals surface area contributed by atoms with Crippen molar-refractivity contribution in [1.29, 1.82) is 0 Å². The standard InChI is InChI=1S/C13H8O6/c14-11(15)7-4-6-2-1-3-8(12(16)17)10(6)9(5-7)13(18)19/h1-5H,(H,14,15)(H,16,17)(H,18,19). The summed E-state index contributed by atoms with van der Waals surface area (Å²) >= 11 is 0. The lowest BCUT2D eigenvalue weighted by molar-refractivity contribution is 0.0688. The van der Waals surface area contributed by atoms with Crippen molar-refractivity contribution in [2.45, 2.75) is 0 Å². The number of hydrogen-bond donors (Lipinski definition) is 3. The van der Waals surface area contributed by atoms with Crippen LogP contribution in [-0.2, 0) is 0 Å². The van der Waals surface area contributed by atoms with Crippen molar-refractivity contribution < 1.29 is 29.7 Å². The summed E-state index contributed by atoms with van der Waals surface area (Å²) in [5, 5.41) is 27.4. The maximum absolute atomic E-state index is 11.2. The van der Waals surface area contributed by atoms with Gasteiger partial charge in [0, 0.05) is 5.39 Å². The van der Waals surface area contributed by atoms with Crippen molar-refractivity contribution in [2.75, 3.05) is 0 Å². The van der Waals surface area contributed by atoms with Gasteiger partial charge < -0.3 is 15.3 Å². The first kappa shape index (κ1) is 12.6. The van der Waals surface area contributed by atoms with Crippen LogP contribution < -0.4 is 0 Å². The molecule has 2 aromatic carbocycles. The molecule has 2 aromatic rings. The maximum atomic E-state index is 11.2. The summed E-state index contributed by atoms with van der Waals surface area (Å²) in [5.74, 6) is -3.91. The van der Waals surface area contributed by atoms with E-state index >= 15 is 0 Å². The molecule has 6 nitrogen and oxygen atoms in total. The van der Waals surface area contributed by atoms with E-state index in [-0.39, 0.29) is 27.5 Å². The van der Waals surface area contributed by atoms with E-state index in [1.54, 1.807) is 0 Å². The smallest absolute Gasteiger partial charge is 0.336 e. The molecule has 3 N–H and O–H groups in total. The zero-order valence-electron chi connectivity index (χ0n) is 9.45. The molecule has 19 heavy (non-hydrogen) atoms. The minimum Gasteiger partial charge on any atom is -0.478 e. The number of carboxylic acids is 3. The van der Waals surface area contributed by atoms with Crippen LogP contribution >= 0.6 is 0 Å². The van der Waals surface area contributed by atoms with Gasteiger partial charge in [-0.15, -0.1) is 0 Å². The average Bonchev–Trinajstić information content (AvgIpc) is 2.36. The van der Waals surface area contributed by atoms with Gasteiger partial charge in [-0.2, -0.15) is 0 Å². The number of rotatable bonds is 3. The van der Waals surface area contributed by atoms with E-state index < -0.39 is 17.9 Å². The van der Waals surface area contributed by atoms with Gasteiger partial charge in [-0.1, -0.05) is 12.1 Å². The molecule has 6 heteroatoms. The van der Waals surface area contributed by atoms with E-state index in [9.17, 15) is 14.4 Å². The molecule has 0 radical (unpaired) electrons. The highest BCUT2D eigenvalue weighted by atomic mass is 16.4. The van der Waals surface area contributed by atoms with E-state index in [1.807, 2.05) is 0 Å². The molecule has 0 unspecified atom stereocenters. The Morgan fingerprint density at radius 2 is 1.42 bits per heavy atom. The highest BCUT2D eigenvalue weighted by Gasteiger charge is 2.18. The Morgan fingerprint density at radius 1 is 0.789 bits per heavy atom. The first-order valence-corrected chi connectivity index (χ1v) is 5.18. The fourth-order valence-electron chi connectivity index (χ4n) is 1.90. The first-order chi connectivity index (χ1) is 8.91.